The van der Waals surface area contributed by atoms with Crippen molar-refractivity contribution >= 4 is 34.1 Å². The minimum absolute atomic E-state index is 0.123. The van der Waals surface area contributed by atoms with E-state index in [2.05, 4.69) is 18.7 Å². The Hall–Kier alpha value is -0.510. The third-order valence-corrected chi connectivity index (χ3v) is 4.03. The molecule has 3 heteroatoms. The van der Waals surface area contributed by atoms with E-state index in [9.17, 15) is 0 Å². The molecule has 0 bridgehead atoms. The van der Waals surface area contributed by atoms with Gasteiger partial charge in [-0.25, -0.2) is 0 Å². The molecule has 0 atom stereocenters. The van der Waals surface area contributed by atoms with Gasteiger partial charge < -0.3 is 5.11 Å². The molecule has 0 radical (unpaired) electrons. The molecule has 0 saturated carbocycles. The van der Waals surface area contributed by atoms with Crippen LogP contribution in [0.15, 0.2) is 23.1 Å². The minimum atomic E-state index is 0.123. The number of hydrogen-bond donors (Lipinski definition) is 2. The molecule has 0 amide bonds. The molecule has 1 aromatic heterocycles. The van der Waals surface area contributed by atoms with Gasteiger partial charge in [0.05, 0.1) is 6.61 Å². The highest BCUT2D eigenvalue weighted by Gasteiger charge is 2.08. The lowest BCUT2D eigenvalue weighted by Gasteiger charge is -1.93. The zero-order chi connectivity index (χ0) is 9.42. The van der Waals surface area contributed by atoms with Crippen molar-refractivity contribution in [2.75, 3.05) is 0 Å². The molecule has 2 rings (SSSR count). The average molecular weight is 210 g/mol. The summed E-state index contributed by atoms with van der Waals surface area (Å²) in [5.74, 6) is 0. The summed E-state index contributed by atoms with van der Waals surface area (Å²) in [6.07, 6.45) is 0. The smallest absolute Gasteiger partial charge is 0.0777 e. The highest BCUT2D eigenvalue weighted by Crippen LogP contribution is 2.34. The standard InChI is InChI=1S/C10H10OS2/c1-6-7-3-2-4-8(12)10(7)13-9(6)5-11/h2-4,11-12H,5H2,1H3. The van der Waals surface area contributed by atoms with E-state index < -0.39 is 0 Å². The van der Waals surface area contributed by atoms with Gasteiger partial charge in [-0.15, -0.1) is 24.0 Å². The Morgan fingerprint density at radius 1 is 1.46 bits per heavy atom. The number of thiol groups is 1. The largest absolute Gasteiger partial charge is 0.391 e. The van der Waals surface area contributed by atoms with Crippen LogP contribution in [0.3, 0.4) is 0 Å². The molecule has 68 valence electrons. The van der Waals surface area contributed by atoms with E-state index in [1.807, 2.05) is 19.1 Å². The van der Waals surface area contributed by atoms with Crippen molar-refractivity contribution in [2.24, 2.45) is 0 Å². The first-order chi connectivity index (χ1) is 6.24. The Morgan fingerprint density at radius 3 is 2.85 bits per heavy atom. The molecule has 1 N–H and O–H groups in total. The van der Waals surface area contributed by atoms with Gasteiger partial charge in [-0.2, -0.15) is 0 Å². The molecule has 1 heterocycles. The van der Waals surface area contributed by atoms with Crippen molar-refractivity contribution in [1.82, 2.24) is 0 Å². The number of fused-ring (bicyclic) bond motifs is 1. The van der Waals surface area contributed by atoms with Crippen LogP contribution in [0.2, 0.25) is 0 Å². The highest BCUT2D eigenvalue weighted by atomic mass is 32.1. The summed E-state index contributed by atoms with van der Waals surface area (Å²) < 4.78 is 1.17. The van der Waals surface area contributed by atoms with Gasteiger partial charge in [0, 0.05) is 14.5 Å². The van der Waals surface area contributed by atoms with Crippen molar-refractivity contribution in [3.63, 3.8) is 0 Å². The molecule has 0 aliphatic heterocycles. The summed E-state index contributed by atoms with van der Waals surface area (Å²) in [5.41, 5.74) is 1.18. The van der Waals surface area contributed by atoms with E-state index in [1.165, 1.54) is 15.6 Å². The lowest BCUT2D eigenvalue weighted by Crippen LogP contribution is -1.78. The third kappa shape index (κ3) is 1.37. The van der Waals surface area contributed by atoms with Gasteiger partial charge >= 0.3 is 0 Å². The van der Waals surface area contributed by atoms with Crippen molar-refractivity contribution in [2.45, 2.75) is 18.4 Å². The molecule has 0 saturated heterocycles. The fourth-order valence-electron chi connectivity index (χ4n) is 1.43. The highest BCUT2D eigenvalue weighted by molar-refractivity contribution is 7.80. The first-order valence-electron chi connectivity index (χ1n) is 4.05. The van der Waals surface area contributed by atoms with Crippen LogP contribution in [0.5, 0.6) is 0 Å². The van der Waals surface area contributed by atoms with Crippen LogP contribution in [0.25, 0.3) is 10.1 Å². The second-order valence-electron chi connectivity index (χ2n) is 2.96. The van der Waals surface area contributed by atoms with E-state index >= 15 is 0 Å². The Balaban J connectivity index is 2.83. The van der Waals surface area contributed by atoms with Crippen LogP contribution < -0.4 is 0 Å². The summed E-state index contributed by atoms with van der Waals surface area (Å²) in [4.78, 5) is 2.03. The Labute approximate surface area is 86.4 Å². The maximum absolute atomic E-state index is 9.10. The predicted molar refractivity (Wildman–Crippen MR) is 59.7 cm³/mol. The van der Waals surface area contributed by atoms with Gasteiger partial charge in [0.2, 0.25) is 0 Å². The number of aliphatic hydroxyl groups is 1. The summed E-state index contributed by atoms with van der Waals surface area (Å²) in [6, 6.07) is 6.04. The zero-order valence-electron chi connectivity index (χ0n) is 7.24. The number of benzene rings is 1. The van der Waals surface area contributed by atoms with Crippen LogP contribution >= 0.6 is 24.0 Å². The molecule has 0 aliphatic rings. The van der Waals surface area contributed by atoms with Gasteiger partial charge in [-0.1, -0.05) is 12.1 Å². The quantitative estimate of drug-likeness (QED) is 0.693. The second kappa shape index (κ2) is 3.33. The van der Waals surface area contributed by atoms with Crippen molar-refractivity contribution in [3.05, 3.63) is 28.6 Å². The molecule has 0 fully saturated rings. The maximum atomic E-state index is 9.10. The molecule has 0 unspecified atom stereocenters. The van der Waals surface area contributed by atoms with E-state index in [0.717, 1.165) is 9.77 Å². The number of hydrogen-bond acceptors (Lipinski definition) is 3. The summed E-state index contributed by atoms with van der Waals surface area (Å²) in [6.45, 7) is 2.16. The van der Waals surface area contributed by atoms with Gasteiger partial charge in [0.15, 0.2) is 0 Å². The van der Waals surface area contributed by atoms with Crippen LogP contribution in [0.4, 0.5) is 0 Å². The third-order valence-electron chi connectivity index (χ3n) is 2.19. The van der Waals surface area contributed by atoms with Crippen LogP contribution in [-0.4, -0.2) is 5.11 Å². The van der Waals surface area contributed by atoms with Gasteiger partial charge in [-0.3, -0.25) is 0 Å². The fraction of sp³-hybridized carbons (Fsp3) is 0.200. The van der Waals surface area contributed by atoms with Gasteiger partial charge in [0.1, 0.15) is 0 Å². The summed E-state index contributed by atoms with van der Waals surface area (Å²) in [7, 11) is 0. The SMILES string of the molecule is Cc1c(CO)sc2c(S)cccc12. The van der Waals surface area contributed by atoms with E-state index in [-0.39, 0.29) is 6.61 Å². The number of aryl methyl sites for hydroxylation is 1. The van der Waals surface area contributed by atoms with E-state index in [1.54, 1.807) is 11.3 Å². The molecule has 1 nitrogen and oxygen atoms in total. The molecule has 0 aliphatic carbocycles. The van der Waals surface area contributed by atoms with Gasteiger partial charge in [0.25, 0.3) is 0 Å². The van der Waals surface area contributed by atoms with Crippen molar-refractivity contribution in [3.8, 4) is 0 Å². The van der Waals surface area contributed by atoms with Crippen molar-refractivity contribution in [1.29, 1.82) is 0 Å². The first kappa shape index (κ1) is 9.06. The first-order valence-corrected chi connectivity index (χ1v) is 5.31. The van der Waals surface area contributed by atoms with Crippen molar-refractivity contribution < 1.29 is 5.11 Å². The topological polar surface area (TPSA) is 20.2 Å². The monoisotopic (exact) mass is 210 g/mol. The normalized spacial score (nSPS) is 11.0. The molecule has 13 heavy (non-hydrogen) atoms. The lowest BCUT2D eigenvalue weighted by molar-refractivity contribution is 0.285. The fourth-order valence-corrected chi connectivity index (χ4v) is 2.85. The lowest BCUT2D eigenvalue weighted by atomic mass is 10.1. The number of rotatable bonds is 1. The minimum Gasteiger partial charge on any atom is -0.391 e. The maximum Gasteiger partial charge on any atom is 0.0777 e. The Bertz CT molecular complexity index is 445. The van der Waals surface area contributed by atoms with Gasteiger partial charge in [-0.05, 0) is 23.9 Å². The molecule has 2 aromatic rings. The van der Waals surface area contributed by atoms with Crippen LogP contribution in [0, 0.1) is 6.92 Å². The number of thiophene rings is 1. The van der Waals surface area contributed by atoms with Crippen LogP contribution in [-0.2, 0) is 6.61 Å². The molecular weight excluding hydrogens is 200 g/mol. The second-order valence-corrected chi connectivity index (χ2v) is 4.55. The Kier molecular flexibility index (Phi) is 2.32. The summed E-state index contributed by atoms with van der Waals surface area (Å²) >= 11 is 6.00. The van der Waals surface area contributed by atoms with E-state index in [0.29, 0.717) is 0 Å². The molecular formula is C10H10OS2. The average Bonchev–Trinajstić information content (AvgIpc) is 2.45. The molecule has 1 aromatic carbocycles. The molecule has 0 spiro atoms. The predicted octanol–water partition coefficient (Wildman–Crippen LogP) is 2.99. The Morgan fingerprint density at radius 2 is 2.23 bits per heavy atom. The van der Waals surface area contributed by atoms with E-state index in [4.69, 9.17) is 5.11 Å². The summed E-state index contributed by atoms with van der Waals surface area (Å²) in [5, 5.41) is 10.3. The number of aliphatic hydroxyl groups excluding tert-OH is 1. The zero-order valence-corrected chi connectivity index (χ0v) is 8.95. The van der Waals surface area contributed by atoms with Crippen LogP contribution in [0.1, 0.15) is 10.4 Å².